The first-order valence-corrected chi connectivity index (χ1v) is 5.79. The first-order valence-electron chi connectivity index (χ1n) is 5.79. The third kappa shape index (κ3) is 9.99. The average molecular weight is 212 g/mol. The van der Waals surface area contributed by atoms with Gasteiger partial charge in [0.1, 0.15) is 0 Å². The Morgan fingerprint density at radius 1 is 0.867 bits per heavy atom. The third-order valence-corrected chi connectivity index (χ3v) is 1.81. The van der Waals surface area contributed by atoms with Crippen molar-refractivity contribution in [3.8, 4) is 0 Å². The van der Waals surface area contributed by atoms with Crippen molar-refractivity contribution in [2.24, 2.45) is 5.41 Å². The minimum Gasteiger partial charge on any atom is -0.370 e. The Bertz CT molecular complexity index is 210. The summed E-state index contributed by atoms with van der Waals surface area (Å²) in [4.78, 5) is 0. The number of ether oxygens (including phenoxy) is 1. The van der Waals surface area contributed by atoms with Crippen molar-refractivity contribution in [1.82, 2.24) is 0 Å². The van der Waals surface area contributed by atoms with E-state index in [-0.39, 0.29) is 16.6 Å². The van der Waals surface area contributed by atoms with Gasteiger partial charge in [0.05, 0.1) is 11.2 Å². The van der Waals surface area contributed by atoms with Crippen molar-refractivity contribution < 1.29 is 4.74 Å². The van der Waals surface area contributed by atoms with E-state index in [2.05, 4.69) is 67.5 Å². The summed E-state index contributed by atoms with van der Waals surface area (Å²) in [5, 5.41) is 0. The van der Waals surface area contributed by atoms with E-state index in [0.29, 0.717) is 0 Å². The van der Waals surface area contributed by atoms with Crippen LogP contribution < -0.4 is 0 Å². The lowest BCUT2D eigenvalue weighted by Crippen LogP contribution is -2.34. The normalized spacial score (nSPS) is 14.9. The van der Waals surface area contributed by atoms with Gasteiger partial charge in [-0.2, -0.15) is 0 Å². The number of hydrogen-bond acceptors (Lipinski definition) is 1. The van der Waals surface area contributed by atoms with Gasteiger partial charge in [0.25, 0.3) is 0 Å². The summed E-state index contributed by atoms with van der Waals surface area (Å²) >= 11 is 0. The predicted octanol–water partition coefficient (Wildman–Crippen LogP) is 4.57. The molecule has 1 heteroatoms. The average Bonchev–Trinajstić information content (AvgIpc) is 1.75. The van der Waals surface area contributed by atoms with E-state index in [4.69, 9.17) is 4.74 Å². The SMILES string of the molecule is CC(C)(C)C=CCC(C)(C)OC(C)(C)C. The molecule has 0 amide bonds. The molecule has 0 heterocycles. The molecule has 0 aromatic rings. The highest BCUT2D eigenvalue weighted by atomic mass is 16.5. The molecule has 1 nitrogen and oxygen atoms in total. The second kappa shape index (κ2) is 4.69. The molecule has 90 valence electrons. The van der Waals surface area contributed by atoms with Crippen LogP contribution in [0.5, 0.6) is 0 Å². The summed E-state index contributed by atoms with van der Waals surface area (Å²) in [5.74, 6) is 0. The van der Waals surface area contributed by atoms with Gasteiger partial charge in [0.2, 0.25) is 0 Å². The molecule has 0 N–H and O–H groups in total. The molecule has 0 aliphatic rings. The molecule has 0 aliphatic heterocycles. The van der Waals surface area contributed by atoms with Crippen molar-refractivity contribution >= 4 is 0 Å². The van der Waals surface area contributed by atoms with Crippen LogP contribution in [0.2, 0.25) is 0 Å². The fourth-order valence-corrected chi connectivity index (χ4v) is 1.57. The van der Waals surface area contributed by atoms with Gasteiger partial charge in [-0.1, -0.05) is 32.9 Å². The van der Waals surface area contributed by atoms with Crippen molar-refractivity contribution in [2.45, 2.75) is 73.0 Å². The van der Waals surface area contributed by atoms with E-state index in [1.165, 1.54) is 0 Å². The summed E-state index contributed by atoms with van der Waals surface area (Å²) in [6, 6.07) is 0. The van der Waals surface area contributed by atoms with Crippen molar-refractivity contribution in [2.75, 3.05) is 0 Å². The van der Waals surface area contributed by atoms with Crippen LogP contribution in [0.25, 0.3) is 0 Å². The Morgan fingerprint density at radius 3 is 1.67 bits per heavy atom. The van der Waals surface area contributed by atoms with Crippen LogP contribution in [-0.4, -0.2) is 11.2 Å². The first kappa shape index (κ1) is 14.7. The predicted molar refractivity (Wildman–Crippen MR) is 68.1 cm³/mol. The van der Waals surface area contributed by atoms with Crippen LogP contribution in [0.1, 0.15) is 61.8 Å². The van der Waals surface area contributed by atoms with Gasteiger partial charge >= 0.3 is 0 Å². The molecule has 15 heavy (non-hydrogen) atoms. The first-order chi connectivity index (χ1) is 6.41. The molecule has 0 bridgehead atoms. The Hall–Kier alpha value is -0.300. The fraction of sp³-hybridized carbons (Fsp3) is 0.857. The Kier molecular flexibility index (Phi) is 4.60. The van der Waals surface area contributed by atoms with E-state index < -0.39 is 0 Å². The van der Waals surface area contributed by atoms with Crippen molar-refractivity contribution in [3.63, 3.8) is 0 Å². The zero-order chi connectivity index (χ0) is 12.3. The molecule has 0 fully saturated rings. The van der Waals surface area contributed by atoms with Crippen LogP contribution in [-0.2, 0) is 4.74 Å². The molecule has 0 radical (unpaired) electrons. The third-order valence-electron chi connectivity index (χ3n) is 1.81. The lowest BCUT2D eigenvalue weighted by molar-refractivity contribution is -0.110. The number of rotatable bonds is 3. The number of allylic oxidation sites excluding steroid dienone is 1. The minimum atomic E-state index is -0.0833. The molecule has 0 aromatic heterocycles. The van der Waals surface area contributed by atoms with E-state index in [1.54, 1.807) is 0 Å². The molecule has 0 aromatic carbocycles. The van der Waals surface area contributed by atoms with Gasteiger partial charge in [-0.15, -0.1) is 0 Å². The van der Waals surface area contributed by atoms with Gasteiger partial charge < -0.3 is 4.74 Å². The quantitative estimate of drug-likeness (QED) is 0.623. The van der Waals surface area contributed by atoms with Gasteiger partial charge in [-0.05, 0) is 46.5 Å². The second-order valence-corrected chi connectivity index (χ2v) is 6.95. The lowest BCUT2D eigenvalue weighted by atomic mass is 9.94. The topological polar surface area (TPSA) is 9.23 Å². The van der Waals surface area contributed by atoms with Gasteiger partial charge in [0, 0.05) is 0 Å². The Morgan fingerprint density at radius 2 is 1.33 bits per heavy atom. The van der Waals surface area contributed by atoms with Crippen LogP contribution >= 0.6 is 0 Å². The van der Waals surface area contributed by atoms with E-state index >= 15 is 0 Å². The smallest absolute Gasteiger partial charge is 0.0667 e. The second-order valence-electron chi connectivity index (χ2n) is 6.95. The number of hydrogen-bond donors (Lipinski definition) is 0. The maximum absolute atomic E-state index is 5.99. The highest BCUT2D eigenvalue weighted by Gasteiger charge is 2.24. The molecule has 0 rings (SSSR count). The van der Waals surface area contributed by atoms with Crippen LogP contribution in [0, 0.1) is 5.41 Å². The molecule has 0 saturated carbocycles. The lowest BCUT2D eigenvalue weighted by Gasteiger charge is -2.33. The van der Waals surface area contributed by atoms with Gasteiger partial charge in [-0.3, -0.25) is 0 Å². The summed E-state index contributed by atoms with van der Waals surface area (Å²) < 4.78 is 5.99. The van der Waals surface area contributed by atoms with E-state index in [9.17, 15) is 0 Å². The highest BCUT2D eigenvalue weighted by Crippen LogP contribution is 2.24. The van der Waals surface area contributed by atoms with E-state index in [0.717, 1.165) is 6.42 Å². The largest absolute Gasteiger partial charge is 0.370 e. The highest BCUT2D eigenvalue weighted by molar-refractivity contribution is 4.95. The van der Waals surface area contributed by atoms with Gasteiger partial charge in [-0.25, -0.2) is 0 Å². The Balaban J connectivity index is 4.22. The molecule has 0 unspecified atom stereocenters. The Labute approximate surface area is 95.9 Å². The monoisotopic (exact) mass is 212 g/mol. The fourth-order valence-electron chi connectivity index (χ4n) is 1.57. The molecule has 0 spiro atoms. The standard InChI is InChI=1S/C14H28O/c1-12(2,3)10-9-11-14(7,8)15-13(4,5)6/h9-10H,11H2,1-8H3. The maximum Gasteiger partial charge on any atom is 0.0667 e. The van der Waals surface area contributed by atoms with Crippen LogP contribution in [0.3, 0.4) is 0 Å². The van der Waals surface area contributed by atoms with E-state index in [1.807, 2.05) is 0 Å². The van der Waals surface area contributed by atoms with Crippen molar-refractivity contribution in [1.29, 1.82) is 0 Å². The van der Waals surface area contributed by atoms with Gasteiger partial charge in [0.15, 0.2) is 0 Å². The molecule has 0 aliphatic carbocycles. The maximum atomic E-state index is 5.99. The molecular weight excluding hydrogens is 184 g/mol. The summed E-state index contributed by atoms with van der Waals surface area (Å²) in [7, 11) is 0. The minimum absolute atomic E-state index is 0.0704. The molecule has 0 atom stereocenters. The van der Waals surface area contributed by atoms with Crippen LogP contribution in [0.15, 0.2) is 12.2 Å². The van der Waals surface area contributed by atoms with Crippen LogP contribution in [0.4, 0.5) is 0 Å². The summed E-state index contributed by atoms with van der Waals surface area (Å²) in [6.07, 6.45) is 5.44. The molecular formula is C14H28O. The molecule has 0 saturated heterocycles. The van der Waals surface area contributed by atoms with Crippen molar-refractivity contribution in [3.05, 3.63) is 12.2 Å². The zero-order valence-corrected chi connectivity index (χ0v) is 11.8. The summed E-state index contributed by atoms with van der Waals surface area (Å²) in [6.45, 7) is 17.2. The summed E-state index contributed by atoms with van der Waals surface area (Å²) in [5.41, 5.74) is 0.108. The zero-order valence-electron chi connectivity index (χ0n) is 11.8.